The van der Waals surface area contributed by atoms with Crippen molar-refractivity contribution in [2.75, 3.05) is 5.32 Å². The van der Waals surface area contributed by atoms with Gasteiger partial charge in [-0.25, -0.2) is 9.97 Å². The number of carbonyl (C=O) groups is 2. The number of amides is 2. The molecule has 1 aliphatic rings. The highest BCUT2D eigenvalue weighted by atomic mass is 35.5. The third kappa shape index (κ3) is 2.62. The molecule has 0 bridgehead atoms. The molecule has 2 aromatic heterocycles. The molecule has 2 aromatic rings. The van der Waals surface area contributed by atoms with Crippen LogP contribution in [-0.4, -0.2) is 21.8 Å². The Hall–Kier alpha value is -1.99. The van der Waals surface area contributed by atoms with Gasteiger partial charge in [-0.05, 0) is 24.8 Å². The van der Waals surface area contributed by atoms with E-state index in [2.05, 4.69) is 15.3 Å². The van der Waals surface area contributed by atoms with E-state index in [4.69, 9.17) is 17.3 Å². The molecule has 0 saturated heterocycles. The van der Waals surface area contributed by atoms with E-state index in [0.717, 1.165) is 29.7 Å². The topological polar surface area (TPSA) is 98.0 Å². The Balaban J connectivity index is 1.90. The van der Waals surface area contributed by atoms with Crippen molar-refractivity contribution in [2.24, 2.45) is 5.73 Å². The first-order chi connectivity index (χ1) is 10.1. The summed E-state index contributed by atoms with van der Waals surface area (Å²) in [7, 11) is 0. The van der Waals surface area contributed by atoms with E-state index in [0.29, 0.717) is 10.6 Å². The summed E-state index contributed by atoms with van der Waals surface area (Å²) in [6, 6.07) is 0. The first-order valence-electron chi connectivity index (χ1n) is 6.29. The highest BCUT2D eigenvalue weighted by Crippen LogP contribution is 2.38. The Kier molecular flexibility index (Phi) is 3.60. The molecule has 0 radical (unpaired) electrons. The van der Waals surface area contributed by atoms with Gasteiger partial charge in [0.1, 0.15) is 15.8 Å². The van der Waals surface area contributed by atoms with Crippen LogP contribution in [0.5, 0.6) is 0 Å². The molecule has 3 N–H and O–H groups in total. The van der Waals surface area contributed by atoms with Crippen molar-refractivity contribution in [3.8, 4) is 0 Å². The summed E-state index contributed by atoms with van der Waals surface area (Å²) in [6.45, 7) is 0. The maximum absolute atomic E-state index is 12.1. The van der Waals surface area contributed by atoms with Gasteiger partial charge in [0.2, 0.25) is 0 Å². The molecule has 0 aliphatic heterocycles. The Labute approximate surface area is 129 Å². The first-order valence-corrected chi connectivity index (χ1v) is 7.49. The number of halogens is 1. The number of fused-ring (bicyclic) bond motifs is 1. The minimum atomic E-state index is -0.521. The number of aryl methyl sites for hydroxylation is 1. The average Bonchev–Trinajstić information content (AvgIpc) is 2.98. The van der Waals surface area contributed by atoms with Crippen molar-refractivity contribution >= 4 is 39.8 Å². The Morgan fingerprint density at radius 3 is 2.76 bits per heavy atom. The van der Waals surface area contributed by atoms with Crippen LogP contribution in [0.3, 0.4) is 0 Å². The van der Waals surface area contributed by atoms with E-state index >= 15 is 0 Å². The van der Waals surface area contributed by atoms with Gasteiger partial charge in [0, 0.05) is 4.88 Å². The number of hydrogen-bond donors (Lipinski definition) is 2. The summed E-state index contributed by atoms with van der Waals surface area (Å²) in [5.41, 5.74) is 6.95. The summed E-state index contributed by atoms with van der Waals surface area (Å²) in [5, 5.41) is 3.38. The van der Waals surface area contributed by atoms with Crippen LogP contribution in [0, 0.1) is 0 Å². The molecule has 3 rings (SSSR count). The second-order valence-corrected chi connectivity index (χ2v) is 6.10. The number of primary amides is 1. The Morgan fingerprint density at radius 2 is 2.10 bits per heavy atom. The van der Waals surface area contributed by atoms with Crippen molar-refractivity contribution in [3.63, 3.8) is 0 Å². The van der Waals surface area contributed by atoms with Crippen LogP contribution in [0.1, 0.15) is 37.7 Å². The molecule has 0 spiro atoms. The summed E-state index contributed by atoms with van der Waals surface area (Å²) in [5.74, 6) is -0.964. The van der Waals surface area contributed by atoms with Crippen LogP contribution >= 0.6 is 22.9 Å². The largest absolute Gasteiger partial charge is 0.365 e. The van der Waals surface area contributed by atoms with E-state index in [9.17, 15) is 9.59 Å². The normalized spacial score (nSPS) is 13.0. The monoisotopic (exact) mass is 322 g/mol. The molecule has 0 unspecified atom stereocenters. The SMILES string of the molecule is NC(=O)c1c(NC(=O)c2cnc(Cl)cn2)sc2c1CCC2. The molecule has 21 heavy (non-hydrogen) atoms. The number of nitrogens with two attached hydrogens (primary N) is 1. The number of anilines is 1. The van der Waals surface area contributed by atoms with Crippen LogP contribution in [0.25, 0.3) is 0 Å². The number of thiophene rings is 1. The average molecular weight is 323 g/mol. The minimum Gasteiger partial charge on any atom is -0.365 e. The van der Waals surface area contributed by atoms with E-state index in [-0.39, 0.29) is 10.8 Å². The lowest BCUT2D eigenvalue weighted by Gasteiger charge is -2.05. The van der Waals surface area contributed by atoms with Gasteiger partial charge >= 0.3 is 0 Å². The fourth-order valence-corrected chi connectivity index (χ4v) is 3.74. The van der Waals surface area contributed by atoms with Crippen LogP contribution in [0.4, 0.5) is 5.00 Å². The van der Waals surface area contributed by atoms with E-state index in [1.807, 2.05) is 0 Å². The molecule has 108 valence electrons. The van der Waals surface area contributed by atoms with Crippen molar-refractivity contribution in [3.05, 3.63) is 39.2 Å². The minimum absolute atomic E-state index is 0.128. The third-order valence-corrected chi connectivity index (χ3v) is 4.65. The van der Waals surface area contributed by atoms with Crippen LogP contribution in [0.15, 0.2) is 12.4 Å². The number of carbonyl (C=O) groups excluding carboxylic acids is 2. The standard InChI is InChI=1S/C13H11ClN4O2S/c14-9-5-16-7(4-17-9)12(20)18-13-10(11(15)19)6-2-1-3-8(6)21-13/h4-5H,1-3H2,(H2,15,19)(H,18,20). The third-order valence-electron chi connectivity index (χ3n) is 3.25. The van der Waals surface area contributed by atoms with Gasteiger partial charge in [-0.1, -0.05) is 11.6 Å². The highest BCUT2D eigenvalue weighted by Gasteiger charge is 2.26. The van der Waals surface area contributed by atoms with E-state index < -0.39 is 11.8 Å². The van der Waals surface area contributed by atoms with Gasteiger partial charge < -0.3 is 11.1 Å². The molecule has 1 aliphatic carbocycles. The summed E-state index contributed by atoms with van der Waals surface area (Å²) in [6.07, 6.45) is 5.32. The van der Waals surface area contributed by atoms with Crippen LogP contribution < -0.4 is 11.1 Å². The van der Waals surface area contributed by atoms with Crippen LogP contribution in [-0.2, 0) is 12.8 Å². The molecule has 0 saturated carbocycles. The smallest absolute Gasteiger partial charge is 0.276 e. The number of hydrogen-bond acceptors (Lipinski definition) is 5. The molecular weight excluding hydrogens is 312 g/mol. The number of nitrogens with zero attached hydrogens (tertiary/aromatic N) is 2. The maximum Gasteiger partial charge on any atom is 0.276 e. The van der Waals surface area contributed by atoms with Crippen molar-refractivity contribution in [1.82, 2.24) is 9.97 Å². The molecular formula is C13H11ClN4O2S. The summed E-state index contributed by atoms with van der Waals surface area (Å²) in [4.78, 5) is 32.6. The molecule has 2 amide bonds. The molecule has 0 aromatic carbocycles. The molecule has 6 nitrogen and oxygen atoms in total. The van der Waals surface area contributed by atoms with Crippen molar-refractivity contribution < 1.29 is 9.59 Å². The maximum atomic E-state index is 12.1. The molecule has 0 fully saturated rings. The fraction of sp³-hybridized carbons (Fsp3) is 0.231. The van der Waals surface area contributed by atoms with Crippen molar-refractivity contribution in [2.45, 2.75) is 19.3 Å². The van der Waals surface area contributed by atoms with Gasteiger partial charge in [0.05, 0.1) is 18.0 Å². The zero-order valence-corrected chi connectivity index (χ0v) is 12.4. The van der Waals surface area contributed by atoms with E-state index in [1.54, 1.807) is 0 Å². The molecule has 0 atom stereocenters. The van der Waals surface area contributed by atoms with Gasteiger partial charge in [-0.2, -0.15) is 0 Å². The van der Waals surface area contributed by atoms with E-state index in [1.165, 1.54) is 23.7 Å². The van der Waals surface area contributed by atoms with Crippen LogP contribution in [0.2, 0.25) is 5.15 Å². The number of rotatable bonds is 3. The quantitative estimate of drug-likeness (QED) is 0.903. The van der Waals surface area contributed by atoms with Crippen molar-refractivity contribution in [1.29, 1.82) is 0 Å². The lowest BCUT2D eigenvalue weighted by atomic mass is 10.1. The zero-order valence-electron chi connectivity index (χ0n) is 10.9. The lowest BCUT2D eigenvalue weighted by Crippen LogP contribution is -2.18. The second kappa shape index (κ2) is 5.42. The molecule has 8 heteroatoms. The van der Waals surface area contributed by atoms with Gasteiger partial charge in [-0.3, -0.25) is 9.59 Å². The van der Waals surface area contributed by atoms with Gasteiger partial charge in [-0.15, -0.1) is 11.3 Å². The fourth-order valence-electron chi connectivity index (χ4n) is 2.35. The van der Waals surface area contributed by atoms with Gasteiger partial charge in [0.15, 0.2) is 0 Å². The first kappa shape index (κ1) is 14.0. The highest BCUT2D eigenvalue weighted by molar-refractivity contribution is 7.17. The predicted octanol–water partition coefficient (Wildman–Crippen LogP) is 2.03. The predicted molar refractivity (Wildman–Crippen MR) is 79.9 cm³/mol. The lowest BCUT2D eigenvalue weighted by molar-refractivity contribution is 0.100. The Morgan fingerprint density at radius 1 is 1.29 bits per heavy atom. The summed E-state index contributed by atoms with van der Waals surface area (Å²) >= 11 is 7.03. The summed E-state index contributed by atoms with van der Waals surface area (Å²) < 4.78 is 0. The zero-order chi connectivity index (χ0) is 15.0. The Bertz CT molecular complexity index is 727. The number of nitrogens with one attached hydrogen (secondary N) is 1. The number of aromatic nitrogens is 2. The molecule has 2 heterocycles. The van der Waals surface area contributed by atoms with Gasteiger partial charge in [0.25, 0.3) is 11.8 Å². The second-order valence-electron chi connectivity index (χ2n) is 4.60.